The van der Waals surface area contributed by atoms with E-state index < -0.39 is 5.97 Å². The standard InChI is InChI=1S/C14H17N3O2S/c1-4-11-16-12(14(18)19-2)13(15)17(11)9-7-5-6-8-10(9)20-3/h5-8H,4,15H2,1-3H3. The van der Waals surface area contributed by atoms with Crippen molar-refractivity contribution in [2.45, 2.75) is 18.2 Å². The van der Waals surface area contributed by atoms with Gasteiger partial charge in [-0.05, 0) is 18.4 Å². The minimum Gasteiger partial charge on any atom is -0.464 e. The molecule has 1 aromatic heterocycles. The normalized spacial score (nSPS) is 10.6. The highest BCUT2D eigenvalue weighted by molar-refractivity contribution is 7.98. The Morgan fingerprint density at radius 2 is 2.15 bits per heavy atom. The number of benzene rings is 1. The first kappa shape index (κ1) is 14.5. The number of ether oxygens (including phenoxy) is 1. The van der Waals surface area contributed by atoms with Gasteiger partial charge >= 0.3 is 5.97 Å². The molecule has 1 aromatic carbocycles. The fraction of sp³-hybridized carbons (Fsp3) is 0.286. The number of carbonyl (C=O) groups excluding carboxylic acids is 1. The molecule has 0 aliphatic heterocycles. The number of imidazole rings is 1. The van der Waals surface area contributed by atoms with Gasteiger partial charge in [-0.2, -0.15) is 0 Å². The Morgan fingerprint density at radius 1 is 1.45 bits per heavy atom. The first-order valence-corrected chi connectivity index (χ1v) is 7.45. The van der Waals surface area contributed by atoms with Gasteiger partial charge in [0.2, 0.25) is 0 Å². The summed E-state index contributed by atoms with van der Waals surface area (Å²) in [6.45, 7) is 1.97. The molecule has 0 aliphatic carbocycles. The molecule has 0 amide bonds. The van der Waals surface area contributed by atoms with Crippen molar-refractivity contribution in [3.05, 3.63) is 35.8 Å². The molecule has 2 rings (SSSR count). The molecule has 0 saturated heterocycles. The predicted molar refractivity (Wildman–Crippen MR) is 80.5 cm³/mol. The summed E-state index contributed by atoms with van der Waals surface area (Å²) in [5.74, 6) is 0.539. The smallest absolute Gasteiger partial charge is 0.360 e. The summed E-state index contributed by atoms with van der Waals surface area (Å²) in [6, 6.07) is 7.88. The molecule has 20 heavy (non-hydrogen) atoms. The molecule has 5 nitrogen and oxygen atoms in total. The number of nitrogens with two attached hydrogens (primary N) is 1. The minimum atomic E-state index is -0.516. The summed E-state index contributed by atoms with van der Waals surface area (Å²) in [4.78, 5) is 17.1. The monoisotopic (exact) mass is 291 g/mol. The molecule has 0 spiro atoms. The van der Waals surface area contributed by atoms with E-state index in [2.05, 4.69) is 4.98 Å². The Bertz CT molecular complexity index is 637. The fourth-order valence-electron chi connectivity index (χ4n) is 2.05. The zero-order valence-corrected chi connectivity index (χ0v) is 12.5. The van der Waals surface area contributed by atoms with E-state index >= 15 is 0 Å². The second kappa shape index (κ2) is 6.00. The Hall–Kier alpha value is -1.95. The quantitative estimate of drug-likeness (QED) is 0.692. The van der Waals surface area contributed by atoms with Gasteiger partial charge in [0.25, 0.3) is 0 Å². The molecule has 106 valence electrons. The third-order valence-electron chi connectivity index (χ3n) is 3.00. The summed E-state index contributed by atoms with van der Waals surface area (Å²) in [7, 11) is 1.32. The molecule has 6 heteroatoms. The number of carbonyl (C=O) groups is 1. The third kappa shape index (κ3) is 2.38. The van der Waals surface area contributed by atoms with Gasteiger partial charge < -0.3 is 10.5 Å². The van der Waals surface area contributed by atoms with Crippen molar-refractivity contribution in [2.75, 3.05) is 19.1 Å². The molecule has 2 aromatic rings. The Labute approximate surface area is 122 Å². The number of methoxy groups -OCH3 is 1. The molecule has 0 saturated carbocycles. The van der Waals surface area contributed by atoms with Crippen LogP contribution in [0.5, 0.6) is 0 Å². The van der Waals surface area contributed by atoms with E-state index in [1.807, 2.05) is 42.0 Å². The van der Waals surface area contributed by atoms with Crippen LogP contribution in [0.4, 0.5) is 5.82 Å². The highest BCUT2D eigenvalue weighted by Crippen LogP contribution is 2.29. The maximum Gasteiger partial charge on any atom is 0.360 e. The van der Waals surface area contributed by atoms with E-state index in [1.54, 1.807) is 11.8 Å². The van der Waals surface area contributed by atoms with Crippen molar-refractivity contribution in [2.24, 2.45) is 0 Å². The van der Waals surface area contributed by atoms with Crippen LogP contribution in [0.1, 0.15) is 23.2 Å². The first-order valence-electron chi connectivity index (χ1n) is 6.22. The van der Waals surface area contributed by atoms with E-state index in [1.165, 1.54) is 7.11 Å². The molecule has 0 fully saturated rings. The van der Waals surface area contributed by atoms with E-state index in [9.17, 15) is 4.79 Å². The lowest BCUT2D eigenvalue weighted by atomic mass is 10.3. The highest BCUT2D eigenvalue weighted by atomic mass is 32.2. The van der Waals surface area contributed by atoms with Crippen LogP contribution in [-0.2, 0) is 11.2 Å². The Kier molecular flexibility index (Phi) is 4.34. The number of aromatic nitrogens is 2. The van der Waals surface area contributed by atoms with Gasteiger partial charge in [-0.1, -0.05) is 19.1 Å². The summed E-state index contributed by atoms with van der Waals surface area (Å²) in [5.41, 5.74) is 7.20. The van der Waals surface area contributed by atoms with Crippen molar-refractivity contribution < 1.29 is 9.53 Å². The van der Waals surface area contributed by atoms with Crippen LogP contribution in [0.25, 0.3) is 5.69 Å². The molecule has 0 unspecified atom stereocenters. The summed E-state index contributed by atoms with van der Waals surface area (Å²) < 4.78 is 6.54. The van der Waals surface area contributed by atoms with Crippen LogP contribution in [0.2, 0.25) is 0 Å². The topological polar surface area (TPSA) is 70.1 Å². The van der Waals surface area contributed by atoms with Gasteiger partial charge in [0, 0.05) is 11.3 Å². The van der Waals surface area contributed by atoms with Crippen molar-refractivity contribution in [3.63, 3.8) is 0 Å². The van der Waals surface area contributed by atoms with Crippen LogP contribution in [0, 0.1) is 0 Å². The molecule has 0 atom stereocenters. The molecule has 2 N–H and O–H groups in total. The zero-order valence-electron chi connectivity index (χ0n) is 11.7. The second-order valence-electron chi connectivity index (χ2n) is 4.11. The maximum atomic E-state index is 11.7. The number of anilines is 1. The molecule has 0 aliphatic rings. The average Bonchev–Trinajstić information content (AvgIpc) is 2.83. The maximum absolute atomic E-state index is 11.7. The van der Waals surface area contributed by atoms with Gasteiger partial charge in [-0.3, -0.25) is 4.57 Å². The van der Waals surface area contributed by atoms with Crippen LogP contribution >= 0.6 is 11.8 Å². The Balaban J connectivity index is 2.67. The van der Waals surface area contributed by atoms with E-state index in [0.717, 1.165) is 16.4 Å². The van der Waals surface area contributed by atoms with Crippen molar-refractivity contribution in [1.82, 2.24) is 9.55 Å². The molecular weight excluding hydrogens is 274 g/mol. The summed E-state index contributed by atoms with van der Waals surface area (Å²) in [5, 5.41) is 0. The lowest BCUT2D eigenvalue weighted by Gasteiger charge is -2.12. The van der Waals surface area contributed by atoms with Crippen molar-refractivity contribution in [1.29, 1.82) is 0 Å². The SMILES string of the molecule is CCc1nc(C(=O)OC)c(N)n1-c1ccccc1SC. The first-order chi connectivity index (χ1) is 9.63. The number of nitrogens with zero attached hydrogens (tertiary/aromatic N) is 2. The van der Waals surface area contributed by atoms with Crippen LogP contribution in [-0.4, -0.2) is 28.9 Å². The van der Waals surface area contributed by atoms with Crippen LogP contribution < -0.4 is 5.73 Å². The predicted octanol–water partition coefficient (Wildman–Crippen LogP) is 2.53. The van der Waals surface area contributed by atoms with E-state index in [0.29, 0.717) is 12.2 Å². The third-order valence-corrected chi connectivity index (χ3v) is 3.79. The number of hydrogen-bond acceptors (Lipinski definition) is 5. The van der Waals surface area contributed by atoms with E-state index in [4.69, 9.17) is 10.5 Å². The number of para-hydroxylation sites is 1. The number of nitrogen functional groups attached to an aromatic ring is 1. The van der Waals surface area contributed by atoms with Gasteiger partial charge in [-0.25, -0.2) is 9.78 Å². The highest BCUT2D eigenvalue weighted by Gasteiger charge is 2.22. The van der Waals surface area contributed by atoms with E-state index in [-0.39, 0.29) is 5.69 Å². The van der Waals surface area contributed by atoms with Gasteiger partial charge in [0.05, 0.1) is 12.8 Å². The number of rotatable bonds is 4. The molecular formula is C14H17N3O2S. The van der Waals surface area contributed by atoms with Gasteiger partial charge in [0.15, 0.2) is 5.69 Å². The van der Waals surface area contributed by atoms with Crippen LogP contribution in [0.15, 0.2) is 29.2 Å². The summed E-state index contributed by atoms with van der Waals surface area (Å²) in [6.07, 6.45) is 2.67. The lowest BCUT2D eigenvalue weighted by molar-refractivity contribution is 0.0596. The Morgan fingerprint density at radius 3 is 2.75 bits per heavy atom. The second-order valence-corrected chi connectivity index (χ2v) is 4.96. The average molecular weight is 291 g/mol. The lowest BCUT2D eigenvalue weighted by Crippen LogP contribution is -2.08. The number of thioether (sulfide) groups is 1. The zero-order chi connectivity index (χ0) is 14.7. The van der Waals surface area contributed by atoms with Gasteiger partial charge in [0.1, 0.15) is 11.6 Å². The van der Waals surface area contributed by atoms with Gasteiger partial charge in [-0.15, -0.1) is 11.8 Å². The number of esters is 1. The van der Waals surface area contributed by atoms with Crippen LogP contribution in [0.3, 0.4) is 0 Å². The molecule has 0 radical (unpaired) electrons. The molecule has 1 heterocycles. The van der Waals surface area contributed by atoms with Crippen molar-refractivity contribution in [3.8, 4) is 5.69 Å². The molecule has 0 bridgehead atoms. The summed E-state index contributed by atoms with van der Waals surface area (Å²) >= 11 is 1.62. The van der Waals surface area contributed by atoms with Crippen molar-refractivity contribution >= 4 is 23.5 Å². The number of aryl methyl sites for hydroxylation is 1. The minimum absolute atomic E-state index is 0.167. The fourth-order valence-corrected chi connectivity index (χ4v) is 2.63. The largest absolute Gasteiger partial charge is 0.464 e. The number of hydrogen-bond donors (Lipinski definition) is 1.